The average Bonchev–Trinajstić information content (AvgIpc) is 3.07. The third-order valence-corrected chi connectivity index (χ3v) is 5.06. The molecule has 0 aromatic heterocycles. The summed E-state index contributed by atoms with van der Waals surface area (Å²) in [5, 5.41) is 2.95. The van der Waals surface area contributed by atoms with Crippen molar-refractivity contribution in [1.82, 2.24) is 0 Å². The first kappa shape index (κ1) is 22.2. The lowest BCUT2D eigenvalue weighted by Gasteiger charge is -2.15. The molecule has 5 nitrogen and oxygen atoms in total. The minimum atomic E-state index is 0. The van der Waals surface area contributed by atoms with Crippen molar-refractivity contribution in [1.29, 1.82) is 0 Å². The monoisotopic (exact) mass is 404 g/mol. The second kappa shape index (κ2) is 11.1. The summed E-state index contributed by atoms with van der Waals surface area (Å²) in [4.78, 5) is 12.2. The highest BCUT2D eigenvalue weighted by molar-refractivity contribution is 5.91. The predicted molar refractivity (Wildman–Crippen MR) is 114 cm³/mol. The number of nitrogens with one attached hydrogen (secondary N) is 1. The second-order valence-electron chi connectivity index (χ2n) is 7.12. The van der Waals surface area contributed by atoms with Gasteiger partial charge in [-0.1, -0.05) is 18.6 Å². The molecule has 1 saturated carbocycles. The van der Waals surface area contributed by atoms with E-state index >= 15 is 0 Å². The number of carbonyl (C=O) groups excluding carboxylic acids is 1. The number of hydrogen-bond acceptors (Lipinski definition) is 4. The van der Waals surface area contributed by atoms with E-state index in [2.05, 4.69) is 5.32 Å². The van der Waals surface area contributed by atoms with Crippen LogP contribution in [0.25, 0.3) is 0 Å². The van der Waals surface area contributed by atoms with Crippen molar-refractivity contribution in [3.05, 3.63) is 54.1 Å². The molecule has 0 radical (unpaired) electrons. The van der Waals surface area contributed by atoms with E-state index in [1.165, 1.54) is 5.56 Å². The van der Waals surface area contributed by atoms with Gasteiger partial charge in [-0.3, -0.25) is 4.79 Å². The lowest BCUT2D eigenvalue weighted by molar-refractivity contribution is -0.117. The third-order valence-electron chi connectivity index (χ3n) is 5.06. The van der Waals surface area contributed by atoms with Crippen LogP contribution in [0.2, 0.25) is 0 Å². The summed E-state index contributed by atoms with van der Waals surface area (Å²) >= 11 is 0. The molecule has 152 valence electrons. The van der Waals surface area contributed by atoms with Crippen molar-refractivity contribution < 1.29 is 14.3 Å². The van der Waals surface area contributed by atoms with Crippen molar-refractivity contribution in [3.8, 4) is 11.5 Å². The molecule has 3 rings (SSSR count). The molecule has 0 aliphatic heterocycles. The molecule has 0 saturated heterocycles. The summed E-state index contributed by atoms with van der Waals surface area (Å²) in [6, 6.07) is 15.6. The first-order chi connectivity index (χ1) is 13.1. The fourth-order valence-electron chi connectivity index (χ4n) is 3.46. The fraction of sp³-hybridized carbons (Fsp3) is 0.409. The highest BCUT2D eigenvalue weighted by atomic mass is 35.5. The minimum absolute atomic E-state index is 0. The van der Waals surface area contributed by atoms with E-state index in [9.17, 15) is 4.79 Å². The maximum Gasteiger partial charge on any atom is 0.224 e. The molecule has 6 heteroatoms. The third kappa shape index (κ3) is 6.51. The van der Waals surface area contributed by atoms with Gasteiger partial charge in [0.1, 0.15) is 11.5 Å². The number of amides is 1. The maximum absolute atomic E-state index is 12.2. The van der Waals surface area contributed by atoms with Gasteiger partial charge in [-0.2, -0.15) is 0 Å². The van der Waals surface area contributed by atoms with Crippen molar-refractivity contribution >= 4 is 24.0 Å². The SMILES string of the molecule is COCCc1ccc(Oc2ccc(NC(=O)C[C@@H]3CCC[C@H]3N)cc2)cc1.Cl. The summed E-state index contributed by atoms with van der Waals surface area (Å²) in [6.07, 6.45) is 4.58. The Balaban J connectivity index is 0.00000280. The Kier molecular flexibility index (Phi) is 8.77. The van der Waals surface area contributed by atoms with Gasteiger partial charge in [-0.15, -0.1) is 12.4 Å². The Morgan fingerprint density at radius 3 is 2.29 bits per heavy atom. The number of hydrogen-bond donors (Lipinski definition) is 2. The van der Waals surface area contributed by atoms with Crippen molar-refractivity contribution in [2.45, 2.75) is 38.1 Å². The van der Waals surface area contributed by atoms with Crippen LogP contribution in [-0.4, -0.2) is 25.7 Å². The first-order valence-corrected chi connectivity index (χ1v) is 9.55. The van der Waals surface area contributed by atoms with E-state index in [-0.39, 0.29) is 24.4 Å². The molecule has 2 aromatic carbocycles. The predicted octanol–water partition coefficient (Wildman–Crippen LogP) is 4.55. The van der Waals surface area contributed by atoms with Gasteiger partial charge < -0.3 is 20.5 Å². The van der Waals surface area contributed by atoms with Crippen LogP contribution in [0.5, 0.6) is 11.5 Å². The van der Waals surface area contributed by atoms with E-state index < -0.39 is 0 Å². The van der Waals surface area contributed by atoms with Crippen molar-refractivity contribution in [3.63, 3.8) is 0 Å². The molecule has 0 heterocycles. The zero-order chi connectivity index (χ0) is 19.1. The van der Waals surface area contributed by atoms with E-state index in [1.807, 2.05) is 48.5 Å². The normalized spacial score (nSPS) is 18.4. The Bertz CT molecular complexity index is 734. The molecule has 1 fully saturated rings. The number of nitrogens with two attached hydrogens (primary N) is 1. The van der Waals surface area contributed by atoms with Crippen molar-refractivity contribution in [2.75, 3.05) is 19.0 Å². The Morgan fingerprint density at radius 2 is 1.71 bits per heavy atom. The number of rotatable bonds is 8. The smallest absolute Gasteiger partial charge is 0.224 e. The number of ether oxygens (including phenoxy) is 2. The van der Waals surface area contributed by atoms with Gasteiger partial charge in [0.15, 0.2) is 0 Å². The first-order valence-electron chi connectivity index (χ1n) is 9.55. The maximum atomic E-state index is 12.2. The molecule has 2 aromatic rings. The molecule has 1 amide bonds. The number of halogens is 1. The van der Waals surface area contributed by atoms with Gasteiger partial charge in [0.2, 0.25) is 5.91 Å². The molecule has 1 aliphatic carbocycles. The Hall–Kier alpha value is -2.08. The van der Waals surface area contributed by atoms with Crippen LogP contribution in [0.3, 0.4) is 0 Å². The van der Waals surface area contributed by atoms with Crippen LogP contribution < -0.4 is 15.8 Å². The van der Waals surface area contributed by atoms with Crippen LogP contribution in [0.4, 0.5) is 5.69 Å². The molecule has 28 heavy (non-hydrogen) atoms. The van der Waals surface area contributed by atoms with Gasteiger partial charge in [-0.25, -0.2) is 0 Å². The summed E-state index contributed by atoms with van der Waals surface area (Å²) < 4.78 is 10.9. The van der Waals surface area contributed by atoms with E-state index in [4.69, 9.17) is 15.2 Å². The summed E-state index contributed by atoms with van der Waals surface area (Å²) in [7, 11) is 1.70. The van der Waals surface area contributed by atoms with Gasteiger partial charge in [0, 0.05) is 25.3 Å². The Morgan fingerprint density at radius 1 is 1.07 bits per heavy atom. The van der Waals surface area contributed by atoms with Crippen LogP contribution in [0.15, 0.2) is 48.5 Å². The number of methoxy groups -OCH3 is 1. The zero-order valence-corrected chi connectivity index (χ0v) is 17.0. The number of carbonyl (C=O) groups is 1. The molecule has 2 atom stereocenters. The minimum Gasteiger partial charge on any atom is -0.457 e. The molecule has 0 bridgehead atoms. The quantitative estimate of drug-likeness (QED) is 0.677. The number of anilines is 1. The second-order valence-corrected chi connectivity index (χ2v) is 7.12. The molecular weight excluding hydrogens is 376 g/mol. The fourth-order valence-corrected chi connectivity index (χ4v) is 3.46. The van der Waals surface area contributed by atoms with E-state index in [1.54, 1.807) is 7.11 Å². The lowest BCUT2D eigenvalue weighted by Crippen LogP contribution is -2.28. The van der Waals surface area contributed by atoms with Gasteiger partial charge >= 0.3 is 0 Å². The molecule has 1 aliphatic rings. The summed E-state index contributed by atoms with van der Waals surface area (Å²) in [5.41, 5.74) is 8.03. The van der Waals surface area contributed by atoms with Crippen molar-refractivity contribution in [2.24, 2.45) is 11.7 Å². The van der Waals surface area contributed by atoms with Crippen LogP contribution in [0, 0.1) is 5.92 Å². The van der Waals surface area contributed by atoms with Gasteiger partial charge in [-0.05, 0) is 67.1 Å². The van der Waals surface area contributed by atoms with E-state index in [0.29, 0.717) is 18.9 Å². The van der Waals surface area contributed by atoms with Gasteiger partial charge in [0.25, 0.3) is 0 Å². The molecule has 3 N–H and O–H groups in total. The van der Waals surface area contributed by atoms with Gasteiger partial charge in [0.05, 0.1) is 6.61 Å². The molecule has 0 spiro atoms. The zero-order valence-electron chi connectivity index (χ0n) is 16.2. The average molecular weight is 405 g/mol. The summed E-state index contributed by atoms with van der Waals surface area (Å²) in [5.74, 6) is 1.84. The highest BCUT2D eigenvalue weighted by Crippen LogP contribution is 2.28. The molecular formula is C22H29ClN2O3. The lowest BCUT2D eigenvalue weighted by atomic mass is 10.00. The standard InChI is InChI=1S/C22H28N2O3.ClH/c1-26-14-13-16-5-9-19(10-6-16)27-20-11-7-18(8-12-20)24-22(25)15-17-3-2-4-21(17)23;/h5-12,17,21H,2-4,13-15,23H2,1H3,(H,24,25);1H/t17-,21+;/m0./s1. The molecule has 0 unspecified atom stereocenters. The topological polar surface area (TPSA) is 73.6 Å². The number of benzene rings is 2. The largest absolute Gasteiger partial charge is 0.457 e. The van der Waals surface area contributed by atoms with Crippen LogP contribution in [0.1, 0.15) is 31.2 Å². The van der Waals surface area contributed by atoms with Crippen LogP contribution in [-0.2, 0) is 16.0 Å². The van der Waals surface area contributed by atoms with Crippen LogP contribution >= 0.6 is 12.4 Å². The highest BCUT2D eigenvalue weighted by Gasteiger charge is 2.25. The van der Waals surface area contributed by atoms with E-state index in [0.717, 1.165) is 42.9 Å². The Labute approximate surface area is 173 Å². The summed E-state index contributed by atoms with van der Waals surface area (Å²) in [6.45, 7) is 0.708.